The Morgan fingerprint density at radius 2 is 2.36 bits per heavy atom. The fraction of sp³-hybridized carbons (Fsp3) is 0.571. The first kappa shape index (κ1) is 8.62. The van der Waals surface area contributed by atoms with Crippen LogP contribution in [0.15, 0.2) is 18.5 Å². The topological polar surface area (TPSA) is 27.1 Å². The summed E-state index contributed by atoms with van der Waals surface area (Å²) in [4.78, 5) is 0. The minimum absolute atomic E-state index is 0.711. The molecule has 0 saturated heterocycles. The molecule has 1 aromatic heterocycles. The van der Waals surface area contributed by atoms with E-state index in [2.05, 4.69) is 17.7 Å². The predicted octanol–water partition coefficient (Wildman–Crippen LogP) is 0.829. The Hall–Kier alpha value is -0.480. The normalized spacial score (nSPS) is 10.3. The van der Waals surface area contributed by atoms with Gasteiger partial charge in [-0.1, -0.05) is 0 Å². The molecule has 0 spiro atoms. The van der Waals surface area contributed by atoms with Gasteiger partial charge in [-0.15, -0.1) is 0 Å². The molecule has 0 fully saturated rings. The Kier molecular flexibility index (Phi) is 4.08. The molecule has 1 aromatic rings. The fourth-order valence-corrected chi connectivity index (χ4v) is 0.887. The molecule has 0 aromatic carbocycles. The molecule has 0 bridgehead atoms. The summed E-state index contributed by atoms with van der Waals surface area (Å²) >= 11 is 4.02. The summed E-state index contributed by atoms with van der Waals surface area (Å²) in [5.74, 6) is 0.777. The second kappa shape index (κ2) is 5.21. The van der Waals surface area contributed by atoms with Gasteiger partial charge >= 0.3 is 0 Å². The van der Waals surface area contributed by atoms with Crippen LogP contribution in [0.2, 0.25) is 0 Å². The van der Waals surface area contributed by atoms with E-state index in [9.17, 15) is 0 Å². The van der Waals surface area contributed by atoms with E-state index in [0.717, 1.165) is 12.3 Å². The van der Waals surface area contributed by atoms with Crippen molar-refractivity contribution in [1.82, 2.24) is 9.78 Å². The van der Waals surface area contributed by atoms with Crippen molar-refractivity contribution >= 4 is 12.6 Å². The summed E-state index contributed by atoms with van der Waals surface area (Å²) in [6.45, 7) is 2.24. The monoisotopic (exact) mass is 172 g/mol. The molecule has 3 nitrogen and oxygen atoms in total. The zero-order valence-electron chi connectivity index (χ0n) is 6.31. The van der Waals surface area contributed by atoms with Crippen LogP contribution < -0.4 is 0 Å². The number of aromatic nitrogens is 2. The SMILES string of the molecule is SCCOCCn1cccn1. The minimum atomic E-state index is 0.711. The zero-order chi connectivity index (χ0) is 7.94. The highest BCUT2D eigenvalue weighted by atomic mass is 32.1. The fourth-order valence-electron chi connectivity index (χ4n) is 0.757. The molecule has 1 heterocycles. The zero-order valence-corrected chi connectivity index (χ0v) is 7.20. The van der Waals surface area contributed by atoms with Crippen LogP contribution in [0.25, 0.3) is 0 Å². The van der Waals surface area contributed by atoms with Crippen LogP contribution in [0.4, 0.5) is 0 Å². The molecule has 0 saturated carbocycles. The van der Waals surface area contributed by atoms with E-state index in [0.29, 0.717) is 13.2 Å². The predicted molar refractivity (Wildman–Crippen MR) is 46.9 cm³/mol. The number of hydrogen-bond acceptors (Lipinski definition) is 3. The van der Waals surface area contributed by atoms with Crippen molar-refractivity contribution in [3.63, 3.8) is 0 Å². The van der Waals surface area contributed by atoms with Crippen molar-refractivity contribution < 1.29 is 4.74 Å². The van der Waals surface area contributed by atoms with E-state index in [1.165, 1.54) is 0 Å². The van der Waals surface area contributed by atoms with Crippen molar-refractivity contribution in [1.29, 1.82) is 0 Å². The van der Waals surface area contributed by atoms with E-state index in [1.807, 2.05) is 16.9 Å². The van der Waals surface area contributed by atoms with Gasteiger partial charge < -0.3 is 4.74 Å². The third-order valence-electron chi connectivity index (χ3n) is 1.26. The van der Waals surface area contributed by atoms with Crippen LogP contribution in [0.3, 0.4) is 0 Å². The first-order chi connectivity index (χ1) is 5.43. The number of thiol groups is 1. The van der Waals surface area contributed by atoms with Gasteiger partial charge in [-0.2, -0.15) is 17.7 Å². The maximum Gasteiger partial charge on any atom is 0.0663 e. The maximum absolute atomic E-state index is 5.22. The summed E-state index contributed by atoms with van der Waals surface area (Å²) in [5.41, 5.74) is 0. The van der Waals surface area contributed by atoms with Gasteiger partial charge in [0.25, 0.3) is 0 Å². The van der Waals surface area contributed by atoms with E-state index in [-0.39, 0.29) is 0 Å². The molecule has 1 rings (SSSR count). The van der Waals surface area contributed by atoms with Gasteiger partial charge in [0.2, 0.25) is 0 Å². The first-order valence-electron chi connectivity index (χ1n) is 3.59. The lowest BCUT2D eigenvalue weighted by molar-refractivity contribution is 0.139. The number of rotatable bonds is 5. The van der Waals surface area contributed by atoms with Crippen molar-refractivity contribution in [2.75, 3.05) is 19.0 Å². The molecule has 0 aliphatic rings. The first-order valence-corrected chi connectivity index (χ1v) is 4.23. The summed E-state index contributed by atoms with van der Waals surface area (Å²) < 4.78 is 7.06. The Labute approximate surface area is 71.8 Å². The van der Waals surface area contributed by atoms with Gasteiger partial charge in [0.15, 0.2) is 0 Å². The van der Waals surface area contributed by atoms with Crippen LogP contribution >= 0.6 is 12.6 Å². The van der Waals surface area contributed by atoms with Gasteiger partial charge in [-0.05, 0) is 6.07 Å². The minimum Gasteiger partial charge on any atom is -0.379 e. The smallest absolute Gasteiger partial charge is 0.0663 e. The van der Waals surface area contributed by atoms with Crippen LogP contribution in [0.1, 0.15) is 0 Å². The quantitative estimate of drug-likeness (QED) is 0.526. The highest BCUT2D eigenvalue weighted by molar-refractivity contribution is 7.80. The van der Waals surface area contributed by atoms with Gasteiger partial charge in [0.1, 0.15) is 0 Å². The van der Waals surface area contributed by atoms with E-state index < -0.39 is 0 Å². The van der Waals surface area contributed by atoms with E-state index >= 15 is 0 Å². The maximum atomic E-state index is 5.22. The largest absolute Gasteiger partial charge is 0.379 e. The van der Waals surface area contributed by atoms with Crippen molar-refractivity contribution in [2.24, 2.45) is 0 Å². The third kappa shape index (κ3) is 3.43. The Morgan fingerprint density at radius 3 is 3.00 bits per heavy atom. The third-order valence-corrected chi connectivity index (χ3v) is 1.44. The Balaban J connectivity index is 2.04. The second-order valence-corrected chi connectivity index (χ2v) is 2.55. The molecule has 0 N–H and O–H groups in total. The van der Waals surface area contributed by atoms with Gasteiger partial charge in [-0.25, -0.2) is 0 Å². The summed E-state index contributed by atoms with van der Waals surface area (Å²) in [6, 6.07) is 1.90. The lowest BCUT2D eigenvalue weighted by Gasteiger charge is -2.01. The second-order valence-electron chi connectivity index (χ2n) is 2.11. The summed E-state index contributed by atoms with van der Waals surface area (Å²) in [5, 5.41) is 4.03. The Morgan fingerprint density at radius 1 is 1.45 bits per heavy atom. The highest BCUT2D eigenvalue weighted by Gasteiger charge is 1.89. The van der Waals surface area contributed by atoms with Gasteiger partial charge in [-0.3, -0.25) is 4.68 Å². The lowest BCUT2D eigenvalue weighted by atomic mass is 10.6. The molecular weight excluding hydrogens is 160 g/mol. The lowest BCUT2D eigenvalue weighted by Crippen LogP contribution is -2.07. The Bertz CT molecular complexity index is 177. The molecule has 62 valence electrons. The molecule has 0 unspecified atom stereocenters. The van der Waals surface area contributed by atoms with E-state index in [1.54, 1.807) is 6.20 Å². The van der Waals surface area contributed by atoms with Crippen LogP contribution in [0.5, 0.6) is 0 Å². The van der Waals surface area contributed by atoms with Gasteiger partial charge in [0, 0.05) is 18.1 Å². The number of nitrogens with zero attached hydrogens (tertiary/aromatic N) is 2. The molecular formula is C7H12N2OS. The number of ether oxygens (including phenoxy) is 1. The highest BCUT2D eigenvalue weighted by Crippen LogP contribution is 1.85. The van der Waals surface area contributed by atoms with Crippen molar-refractivity contribution in [2.45, 2.75) is 6.54 Å². The molecule has 0 amide bonds. The average Bonchev–Trinajstić information content (AvgIpc) is 2.50. The molecule has 0 radical (unpaired) electrons. The standard InChI is InChI=1S/C7H12N2OS/c11-7-6-10-5-4-9-3-1-2-8-9/h1-3,11H,4-7H2. The van der Waals surface area contributed by atoms with E-state index in [4.69, 9.17) is 4.74 Å². The molecule has 0 aliphatic carbocycles. The van der Waals surface area contributed by atoms with Crippen LogP contribution in [0, 0.1) is 0 Å². The molecule has 0 atom stereocenters. The van der Waals surface area contributed by atoms with Crippen LogP contribution in [-0.4, -0.2) is 28.7 Å². The molecule has 4 heteroatoms. The molecule has 0 aliphatic heterocycles. The van der Waals surface area contributed by atoms with Crippen molar-refractivity contribution in [3.05, 3.63) is 18.5 Å². The summed E-state index contributed by atoms with van der Waals surface area (Å²) in [7, 11) is 0. The van der Waals surface area contributed by atoms with Crippen LogP contribution in [-0.2, 0) is 11.3 Å². The molecule has 11 heavy (non-hydrogen) atoms. The van der Waals surface area contributed by atoms with Crippen molar-refractivity contribution in [3.8, 4) is 0 Å². The summed E-state index contributed by atoms with van der Waals surface area (Å²) in [6.07, 6.45) is 3.68. The number of hydrogen-bond donors (Lipinski definition) is 1. The average molecular weight is 172 g/mol. The van der Waals surface area contributed by atoms with Gasteiger partial charge in [0.05, 0.1) is 19.8 Å².